The Balaban J connectivity index is 2.52. The lowest BCUT2D eigenvalue weighted by Crippen LogP contribution is -2.12. The van der Waals surface area contributed by atoms with E-state index in [1.54, 1.807) is 12.4 Å². The van der Waals surface area contributed by atoms with Gasteiger partial charge in [0.05, 0.1) is 0 Å². The molecule has 0 bridgehead atoms. The van der Waals surface area contributed by atoms with Gasteiger partial charge in [0.25, 0.3) is 0 Å². The van der Waals surface area contributed by atoms with Crippen LogP contribution in [0.15, 0.2) is 12.4 Å². The fourth-order valence-corrected chi connectivity index (χ4v) is 1.37. The first kappa shape index (κ1) is 10.0. The number of nitrogens with one attached hydrogen (secondary N) is 1. The van der Waals surface area contributed by atoms with Gasteiger partial charge < -0.3 is 5.32 Å². The molecule has 0 unspecified atom stereocenters. The number of hydrogen-bond donors (Lipinski definition) is 1. The van der Waals surface area contributed by atoms with Crippen LogP contribution < -0.4 is 5.32 Å². The molecule has 0 saturated carbocycles. The van der Waals surface area contributed by atoms with E-state index in [0.717, 1.165) is 0 Å². The molecule has 1 N–H and O–H groups in total. The Hall–Kier alpha value is -1.49. The molecule has 0 atom stereocenters. The van der Waals surface area contributed by atoms with E-state index in [9.17, 15) is 0 Å². The average Bonchev–Trinajstić information content (AvgIpc) is 2.16. The molecule has 0 radical (unpaired) electrons. The molecule has 15 heavy (non-hydrogen) atoms. The number of fused-ring (bicyclic) bond motifs is 1. The maximum atomic E-state index is 5.95. The molecular formula is C9H10ClN5. The first-order valence-electron chi connectivity index (χ1n) is 4.57. The van der Waals surface area contributed by atoms with Gasteiger partial charge in [0.15, 0.2) is 10.8 Å². The normalized spacial score (nSPS) is 10.9. The molecule has 0 aliphatic heterocycles. The maximum absolute atomic E-state index is 5.95. The van der Waals surface area contributed by atoms with Gasteiger partial charge in [-0.15, -0.1) is 0 Å². The fraction of sp³-hybridized carbons (Fsp3) is 0.333. The van der Waals surface area contributed by atoms with Gasteiger partial charge in [-0.1, -0.05) is 11.6 Å². The second kappa shape index (κ2) is 3.94. The van der Waals surface area contributed by atoms with E-state index in [1.807, 2.05) is 13.8 Å². The van der Waals surface area contributed by atoms with Gasteiger partial charge in [-0.2, -0.15) is 9.97 Å². The summed E-state index contributed by atoms with van der Waals surface area (Å²) in [7, 11) is 0. The molecule has 2 heterocycles. The summed E-state index contributed by atoms with van der Waals surface area (Å²) in [5, 5.41) is 3.38. The van der Waals surface area contributed by atoms with Crippen LogP contribution in [0.3, 0.4) is 0 Å². The Morgan fingerprint density at radius 1 is 1.20 bits per heavy atom. The van der Waals surface area contributed by atoms with Crippen molar-refractivity contribution in [2.75, 3.05) is 5.32 Å². The fourth-order valence-electron chi connectivity index (χ4n) is 1.15. The van der Waals surface area contributed by atoms with E-state index in [4.69, 9.17) is 11.6 Å². The number of aromatic nitrogens is 4. The molecule has 0 amide bonds. The minimum Gasteiger partial charge on any atom is -0.352 e. The topological polar surface area (TPSA) is 63.6 Å². The van der Waals surface area contributed by atoms with Crippen molar-refractivity contribution in [3.63, 3.8) is 0 Å². The Labute approximate surface area is 91.9 Å². The number of halogens is 1. The van der Waals surface area contributed by atoms with Crippen LogP contribution in [0.25, 0.3) is 11.2 Å². The van der Waals surface area contributed by atoms with Crippen molar-refractivity contribution in [3.05, 3.63) is 17.5 Å². The van der Waals surface area contributed by atoms with E-state index in [-0.39, 0.29) is 6.04 Å². The Morgan fingerprint density at radius 3 is 2.67 bits per heavy atom. The summed E-state index contributed by atoms with van der Waals surface area (Å²) >= 11 is 5.95. The first-order valence-corrected chi connectivity index (χ1v) is 4.95. The highest BCUT2D eigenvalue weighted by Crippen LogP contribution is 2.17. The highest BCUT2D eigenvalue weighted by atomic mass is 35.5. The van der Waals surface area contributed by atoms with Crippen molar-refractivity contribution in [1.29, 1.82) is 0 Å². The van der Waals surface area contributed by atoms with Gasteiger partial charge >= 0.3 is 0 Å². The van der Waals surface area contributed by atoms with Gasteiger partial charge in [0, 0.05) is 18.4 Å². The summed E-state index contributed by atoms with van der Waals surface area (Å²) in [6.45, 7) is 4.00. The monoisotopic (exact) mass is 223 g/mol. The Kier molecular flexibility index (Phi) is 2.64. The largest absolute Gasteiger partial charge is 0.352 e. The van der Waals surface area contributed by atoms with Crippen LogP contribution in [-0.4, -0.2) is 26.0 Å². The lowest BCUT2D eigenvalue weighted by atomic mass is 10.4. The van der Waals surface area contributed by atoms with Gasteiger partial charge in [-0.25, -0.2) is 9.97 Å². The molecule has 78 valence electrons. The molecule has 0 aromatic carbocycles. The molecule has 5 nitrogen and oxygen atoms in total. The smallest absolute Gasteiger partial charge is 0.226 e. The van der Waals surface area contributed by atoms with Gasteiger partial charge in [0.1, 0.15) is 5.52 Å². The van der Waals surface area contributed by atoms with Crippen LogP contribution >= 0.6 is 11.6 Å². The van der Waals surface area contributed by atoms with Crippen LogP contribution in [-0.2, 0) is 0 Å². The zero-order valence-electron chi connectivity index (χ0n) is 8.40. The summed E-state index contributed by atoms with van der Waals surface area (Å²) in [5.41, 5.74) is 1.02. The van der Waals surface area contributed by atoms with E-state index >= 15 is 0 Å². The van der Waals surface area contributed by atoms with Crippen molar-refractivity contribution >= 4 is 28.7 Å². The predicted molar refractivity (Wildman–Crippen MR) is 58.9 cm³/mol. The van der Waals surface area contributed by atoms with Crippen LogP contribution in [0.4, 0.5) is 5.95 Å². The van der Waals surface area contributed by atoms with E-state index in [1.165, 1.54) is 0 Å². The van der Waals surface area contributed by atoms with E-state index in [2.05, 4.69) is 25.3 Å². The molecule has 0 aliphatic rings. The average molecular weight is 224 g/mol. The van der Waals surface area contributed by atoms with Crippen LogP contribution in [0.1, 0.15) is 13.8 Å². The summed E-state index contributed by atoms with van der Waals surface area (Å²) in [5.74, 6) is 0.475. The number of nitrogens with zero attached hydrogens (tertiary/aromatic N) is 4. The van der Waals surface area contributed by atoms with Gasteiger partial charge in [-0.3, -0.25) is 0 Å². The molecule has 2 rings (SSSR count). The third-order valence-corrected chi connectivity index (χ3v) is 1.97. The van der Waals surface area contributed by atoms with Crippen molar-refractivity contribution < 1.29 is 0 Å². The van der Waals surface area contributed by atoms with Crippen molar-refractivity contribution in [2.24, 2.45) is 0 Å². The third-order valence-electron chi connectivity index (χ3n) is 1.71. The first-order chi connectivity index (χ1) is 7.16. The van der Waals surface area contributed by atoms with Gasteiger partial charge in [0.2, 0.25) is 5.95 Å². The quantitative estimate of drug-likeness (QED) is 0.788. The SMILES string of the molecule is CC(C)Nc1nc(Cl)c2nccnc2n1. The number of anilines is 1. The summed E-state index contributed by atoms with van der Waals surface area (Å²) in [6, 6.07) is 0.246. The van der Waals surface area contributed by atoms with Crippen LogP contribution in [0, 0.1) is 0 Å². The molecule has 0 saturated heterocycles. The summed E-state index contributed by atoms with van der Waals surface area (Å²) in [6.07, 6.45) is 3.14. The highest BCUT2D eigenvalue weighted by molar-refractivity contribution is 6.33. The molecule has 2 aromatic rings. The molecule has 0 aliphatic carbocycles. The third kappa shape index (κ3) is 2.12. The van der Waals surface area contributed by atoms with Crippen LogP contribution in [0.2, 0.25) is 5.15 Å². The van der Waals surface area contributed by atoms with Crippen molar-refractivity contribution in [3.8, 4) is 0 Å². The number of hydrogen-bond acceptors (Lipinski definition) is 5. The van der Waals surface area contributed by atoms with Crippen molar-refractivity contribution in [1.82, 2.24) is 19.9 Å². The molecular weight excluding hydrogens is 214 g/mol. The molecule has 0 spiro atoms. The van der Waals surface area contributed by atoms with E-state index in [0.29, 0.717) is 22.3 Å². The summed E-state index contributed by atoms with van der Waals surface area (Å²) < 4.78 is 0. The minimum absolute atomic E-state index is 0.246. The second-order valence-corrected chi connectivity index (χ2v) is 3.72. The number of rotatable bonds is 2. The predicted octanol–water partition coefficient (Wildman–Crippen LogP) is 1.89. The second-order valence-electron chi connectivity index (χ2n) is 3.37. The standard InChI is InChI=1S/C9H10ClN5/c1-5(2)13-9-14-7(10)6-8(15-9)12-4-3-11-6/h3-5H,1-2H3,(H,12,13,14,15). The van der Waals surface area contributed by atoms with Crippen molar-refractivity contribution in [2.45, 2.75) is 19.9 Å². The lowest BCUT2D eigenvalue weighted by molar-refractivity contribution is 0.876. The maximum Gasteiger partial charge on any atom is 0.226 e. The zero-order valence-corrected chi connectivity index (χ0v) is 9.15. The highest BCUT2D eigenvalue weighted by Gasteiger charge is 2.07. The lowest BCUT2D eigenvalue weighted by Gasteiger charge is -2.08. The molecule has 0 fully saturated rings. The molecule has 6 heteroatoms. The zero-order chi connectivity index (χ0) is 10.8. The Bertz CT molecular complexity index is 485. The van der Waals surface area contributed by atoms with Gasteiger partial charge in [-0.05, 0) is 13.8 Å². The van der Waals surface area contributed by atoms with Crippen LogP contribution in [0.5, 0.6) is 0 Å². The van der Waals surface area contributed by atoms with E-state index < -0.39 is 0 Å². The molecule has 2 aromatic heterocycles. The summed E-state index contributed by atoms with van der Waals surface area (Å²) in [4.78, 5) is 16.4. The minimum atomic E-state index is 0.246. The Morgan fingerprint density at radius 2 is 1.93 bits per heavy atom.